The zero-order valence-electron chi connectivity index (χ0n) is 10.7. The van der Waals surface area contributed by atoms with Gasteiger partial charge in [0.15, 0.2) is 0 Å². The Labute approximate surface area is 106 Å². The van der Waals surface area contributed by atoms with E-state index in [-0.39, 0.29) is 0 Å². The number of methoxy groups -OCH3 is 1. The second kappa shape index (κ2) is 4.37. The van der Waals surface area contributed by atoms with Crippen LogP contribution in [0.3, 0.4) is 0 Å². The van der Waals surface area contributed by atoms with Gasteiger partial charge in [0, 0.05) is 5.39 Å². The van der Waals surface area contributed by atoms with Gasteiger partial charge in [0.1, 0.15) is 11.3 Å². The Hall–Kier alpha value is -1.96. The molecule has 0 aliphatic carbocycles. The van der Waals surface area contributed by atoms with Gasteiger partial charge in [-0.15, -0.1) is 0 Å². The monoisotopic (exact) mass is 240 g/mol. The van der Waals surface area contributed by atoms with Crippen LogP contribution in [0.25, 0.3) is 21.7 Å². The molecule has 0 unspecified atom stereocenters. The molecule has 0 radical (unpaired) electrons. The number of ether oxygens (including phenoxy) is 1. The number of aryl methyl sites for hydroxylation is 1. The van der Waals surface area contributed by atoms with E-state index in [4.69, 9.17) is 9.15 Å². The highest BCUT2D eigenvalue weighted by molar-refractivity contribution is 6.07. The van der Waals surface area contributed by atoms with Crippen LogP contribution >= 0.6 is 0 Å². The van der Waals surface area contributed by atoms with Crippen molar-refractivity contribution in [2.24, 2.45) is 0 Å². The molecule has 0 atom stereocenters. The van der Waals surface area contributed by atoms with Crippen molar-refractivity contribution in [3.63, 3.8) is 0 Å². The van der Waals surface area contributed by atoms with Crippen molar-refractivity contribution in [2.75, 3.05) is 7.11 Å². The molecule has 2 nitrogen and oxygen atoms in total. The van der Waals surface area contributed by atoms with E-state index in [0.29, 0.717) is 0 Å². The normalized spacial score (nSPS) is 11.2. The van der Waals surface area contributed by atoms with Gasteiger partial charge in [-0.2, -0.15) is 0 Å². The first-order valence-corrected chi connectivity index (χ1v) is 6.30. The molecule has 0 spiro atoms. The molecule has 2 heteroatoms. The summed E-state index contributed by atoms with van der Waals surface area (Å²) in [6, 6.07) is 10.3. The second-order valence-corrected chi connectivity index (χ2v) is 4.54. The molecule has 0 N–H and O–H groups in total. The van der Waals surface area contributed by atoms with E-state index < -0.39 is 0 Å². The van der Waals surface area contributed by atoms with Crippen LogP contribution in [0, 0.1) is 0 Å². The van der Waals surface area contributed by atoms with Crippen LogP contribution in [-0.2, 0) is 6.42 Å². The fourth-order valence-corrected chi connectivity index (χ4v) is 2.49. The first-order chi connectivity index (χ1) is 8.83. The molecular formula is C16H16O2. The van der Waals surface area contributed by atoms with Gasteiger partial charge in [0.25, 0.3) is 0 Å². The minimum atomic E-state index is 0.891. The summed E-state index contributed by atoms with van der Waals surface area (Å²) in [6.45, 7) is 2.19. The third kappa shape index (κ3) is 1.65. The lowest BCUT2D eigenvalue weighted by Gasteiger charge is -2.04. The minimum absolute atomic E-state index is 0.891. The number of furan rings is 1. The molecule has 0 saturated heterocycles. The molecule has 2 aromatic carbocycles. The molecule has 92 valence electrons. The van der Waals surface area contributed by atoms with Gasteiger partial charge in [0.05, 0.1) is 13.4 Å². The lowest BCUT2D eigenvalue weighted by Crippen LogP contribution is -1.84. The number of benzene rings is 2. The summed E-state index contributed by atoms with van der Waals surface area (Å²) >= 11 is 0. The minimum Gasteiger partial charge on any atom is -0.497 e. The highest BCUT2D eigenvalue weighted by atomic mass is 16.5. The summed E-state index contributed by atoms with van der Waals surface area (Å²) in [6.07, 6.45) is 4.07. The Kier molecular flexibility index (Phi) is 2.71. The third-order valence-corrected chi connectivity index (χ3v) is 3.36. The molecule has 18 heavy (non-hydrogen) atoms. The van der Waals surface area contributed by atoms with E-state index in [9.17, 15) is 0 Å². The average molecular weight is 240 g/mol. The third-order valence-electron chi connectivity index (χ3n) is 3.36. The van der Waals surface area contributed by atoms with Gasteiger partial charge in [-0.05, 0) is 47.0 Å². The molecule has 1 heterocycles. The molecule has 0 bridgehead atoms. The fourth-order valence-electron chi connectivity index (χ4n) is 2.49. The van der Waals surface area contributed by atoms with Crippen LogP contribution in [0.5, 0.6) is 5.75 Å². The van der Waals surface area contributed by atoms with Crippen molar-refractivity contribution in [3.8, 4) is 5.75 Å². The highest BCUT2D eigenvalue weighted by Crippen LogP contribution is 2.32. The van der Waals surface area contributed by atoms with E-state index in [2.05, 4.69) is 25.1 Å². The highest BCUT2D eigenvalue weighted by Gasteiger charge is 2.09. The Morgan fingerprint density at radius 1 is 1.17 bits per heavy atom. The quantitative estimate of drug-likeness (QED) is 0.670. The van der Waals surface area contributed by atoms with E-state index >= 15 is 0 Å². The summed E-state index contributed by atoms with van der Waals surface area (Å²) in [7, 11) is 1.69. The predicted octanol–water partition coefficient (Wildman–Crippen LogP) is 4.55. The van der Waals surface area contributed by atoms with Crippen LogP contribution in [0.2, 0.25) is 0 Å². The van der Waals surface area contributed by atoms with Gasteiger partial charge in [0.2, 0.25) is 0 Å². The van der Waals surface area contributed by atoms with Crippen molar-refractivity contribution in [1.82, 2.24) is 0 Å². The maximum atomic E-state index is 5.64. The summed E-state index contributed by atoms with van der Waals surface area (Å²) < 4.78 is 10.9. The van der Waals surface area contributed by atoms with Crippen molar-refractivity contribution >= 4 is 21.7 Å². The van der Waals surface area contributed by atoms with Gasteiger partial charge >= 0.3 is 0 Å². The lowest BCUT2D eigenvalue weighted by molar-refractivity contribution is 0.415. The molecule has 0 amide bonds. The van der Waals surface area contributed by atoms with Crippen molar-refractivity contribution in [3.05, 3.63) is 42.2 Å². The van der Waals surface area contributed by atoms with Crippen LogP contribution < -0.4 is 4.74 Å². The van der Waals surface area contributed by atoms with Gasteiger partial charge in [-0.3, -0.25) is 0 Å². The van der Waals surface area contributed by atoms with E-state index in [0.717, 1.165) is 24.2 Å². The predicted molar refractivity (Wildman–Crippen MR) is 74.3 cm³/mol. The molecule has 3 aromatic rings. The summed E-state index contributed by atoms with van der Waals surface area (Å²) in [5.74, 6) is 0.891. The zero-order chi connectivity index (χ0) is 12.5. The van der Waals surface area contributed by atoms with Crippen molar-refractivity contribution in [1.29, 1.82) is 0 Å². The first kappa shape index (κ1) is 11.1. The van der Waals surface area contributed by atoms with Crippen LogP contribution in [0.4, 0.5) is 0 Å². The number of hydrogen-bond donors (Lipinski definition) is 0. The zero-order valence-corrected chi connectivity index (χ0v) is 10.7. The number of rotatable bonds is 3. The fraction of sp³-hybridized carbons (Fsp3) is 0.250. The molecular weight excluding hydrogens is 224 g/mol. The molecule has 0 aliphatic rings. The van der Waals surface area contributed by atoms with Gasteiger partial charge in [-0.1, -0.05) is 19.4 Å². The smallest absolute Gasteiger partial charge is 0.134 e. The van der Waals surface area contributed by atoms with Crippen molar-refractivity contribution < 1.29 is 9.15 Å². The summed E-state index contributed by atoms with van der Waals surface area (Å²) in [5.41, 5.74) is 2.26. The van der Waals surface area contributed by atoms with Crippen LogP contribution in [0.15, 0.2) is 41.0 Å². The molecule has 0 aliphatic heterocycles. The first-order valence-electron chi connectivity index (χ1n) is 6.30. The van der Waals surface area contributed by atoms with Crippen LogP contribution in [0.1, 0.15) is 18.9 Å². The maximum Gasteiger partial charge on any atom is 0.134 e. The van der Waals surface area contributed by atoms with Gasteiger partial charge in [-0.25, -0.2) is 0 Å². The van der Waals surface area contributed by atoms with Gasteiger partial charge < -0.3 is 9.15 Å². The second-order valence-electron chi connectivity index (χ2n) is 4.54. The molecule has 1 aromatic heterocycles. The summed E-state index contributed by atoms with van der Waals surface area (Å²) in [4.78, 5) is 0. The Morgan fingerprint density at radius 2 is 2.06 bits per heavy atom. The van der Waals surface area contributed by atoms with Crippen LogP contribution in [-0.4, -0.2) is 7.11 Å². The summed E-state index contributed by atoms with van der Waals surface area (Å²) in [5, 5.41) is 3.68. The number of fused-ring (bicyclic) bond motifs is 3. The Balaban J connectivity index is 2.33. The topological polar surface area (TPSA) is 22.4 Å². The SMILES string of the molecule is CCCc1coc2ccc3cc(OC)ccc3c12. The molecule has 3 rings (SSSR count). The Morgan fingerprint density at radius 3 is 2.83 bits per heavy atom. The number of hydrogen-bond acceptors (Lipinski definition) is 2. The Bertz CT molecular complexity index is 695. The lowest BCUT2D eigenvalue weighted by atomic mass is 10.0. The maximum absolute atomic E-state index is 5.64. The largest absolute Gasteiger partial charge is 0.497 e. The molecule has 0 fully saturated rings. The average Bonchev–Trinajstić information content (AvgIpc) is 2.82. The van der Waals surface area contributed by atoms with Crippen molar-refractivity contribution in [2.45, 2.75) is 19.8 Å². The van der Waals surface area contributed by atoms with E-state index in [1.54, 1.807) is 7.11 Å². The molecule has 0 saturated carbocycles. The van der Waals surface area contributed by atoms with E-state index in [1.807, 2.05) is 18.4 Å². The van der Waals surface area contributed by atoms with E-state index in [1.165, 1.54) is 21.7 Å². The standard InChI is InChI=1S/C16H16O2/c1-3-4-12-10-18-15-8-5-11-9-13(17-2)6-7-14(11)16(12)15/h5-10H,3-4H2,1-2H3.